The summed E-state index contributed by atoms with van der Waals surface area (Å²) >= 11 is 0. The average Bonchev–Trinajstić information content (AvgIpc) is 3.02. The summed E-state index contributed by atoms with van der Waals surface area (Å²) < 4.78 is 2.04. The maximum Gasteiger partial charge on any atom is 0.164 e. The lowest BCUT2D eigenvalue weighted by Gasteiger charge is -2.05. The van der Waals surface area contributed by atoms with Crippen LogP contribution < -0.4 is 0 Å². The number of benzene rings is 3. The second-order valence-electron chi connectivity index (χ2n) is 5.66. The first-order valence-electron chi connectivity index (χ1n) is 7.73. The van der Waals surface area contributed by atoms with Crippen LogP contribution in [0.4, 0.5) is 0 Å². The number of imidazole rings is 1. The van der Waals surface area contributed by atoms with E-state index in [4.69, 9.17) is 0 Å². The van der Waals surface area contributed by atoms with Crippen molar-refractivity contribution in [1.29, 1.82) is 0 Å². The Bertz CT molecular complexity index is 1000. The Morgan fingerprint density at radius 2 is 1.70 bits per heavy atom. The molecule has 0 saturated carbocycles. The molecule has 112 valence electrons. The molecule has 23 heavy (non-hydrogen) atoms. The van der Waals surface area contributed by atoms with E-state index in [0.717, 1.165) is 27.4 Å². The second-order valence-corrected chi connectivity index (χ2v) is 5.66. The maximum absolute atomic E-state index is 12.5. The van der Waals surface area contributed by atoms with Crippen LogP contribution in [0, 0.1) is 0 Å². The first-order valence-corrected chi connectivity index (χ1v) is 7.73. The van der Waals surface area contributed by atoms with Gasteiger partial charge in [0.15, 0.2) is 5.78 Å². The molecule has 4 aromatic rings. The molecule has 0 fully saturated rings. The first-order chi connectivity index (χ1) is 11.3. The molecule has 1 heterocycles. The third kappa shape index (κ3) is 2.61. The summed E-state index contributed by atoms with van der Waals surface area (Å²) in [5, 5.41) is 2.26. The third-order valence-electron chi connectivity index (χ3n) is 4.18. The molecule has 0 unspecified atom stereocenters. The molecular weight excluding hydrogens is 284 g/mol. The van der Waals surface area contributed by atoms with E-state index in [9.17, 15) is 4.79 Å². The molecule has 0 bridgehead atoms. The Kier molecular flexibility index (Phi) is 3.39. The van der Waals surface area contributed by atoms with Crippen molar-refractivity contribution in [1.82, 2.24) is 9.55 Å². The molecule has 0 aliphatic carbocycles. The van der Waals surface area contributed by atoms with Crippen LogP contribution in [0.25, 0.3) is 21.8 Å². The summed E-state index contributed by atoms with van der Waals surface area (Å²) in [5.74, 6) is 0.161. The standard InChI is InChI=1S/C20H16N2O/c23-20(17-10-9-15-5-1-2-6-16(15)13-17)11-12-22-14-21-18-7-3-4-8-19(18)22/h1-10,13-14H,11-12H2. The number of Topliss-reactive ketones (excluding diaryl/α,β-unsaturated/α-hetero) is 1. The van der Waals surface area contributed by atoms with Gasteiger partial charge in [0, 0.05) is 18.5 Å². The van der Waals surface area contributed by atoms with E-state index in [2.05, 4.69) is 11.1 Å². The van der Waals surface area contributed by atoms with Crippen molar-refractivity contribution in [3.63, 3.8) is 0 Å². The predicted molar refractivity (Wildman–Crippen MR) is 92.6 cm³/mol. The van der Waals surface area contributed by atoms with E-state index in [1.165, 1.54) is 0 Å². The highest BCUT2D eigenvalue weighted by Gasteiger charge is 2.08. The van der Waals surface area contributed by atoms with Gasteiger partial charge in [0.2, 0.25) is 0 Å². The number of nitrogens with zero attached hydrogens (tertiary/aromatic N) is 2. The van der Waals surface area contributed by atoms with Crippen molar-refractivity contribution >= 4 is 27.6 Å². The SMILES string of the molecule is O=C(CCn1cnc2ccccc21)c1ccc2ccccc2c1. The van der Waals surface area contributed by atoms with Gasteiger partial charge in [-0.3, -0.25) is 4.79 Å². The highest BCUT2D eigenvalue weighted by molar-refractivity contribution is 5.99. The minimum atomic E-state index is 0.161. The molecule has 4 rings (SSSR count). The molecule has 0 atom stereocenters. The van der Waals surface area contributed by atoms with Gasteiger partial charge < -0.3 is 4.57 Å². The van der Waals surface area contributed by atoms with Crippen molar-refractivity contribution < 1.29 is 4.79 Å². The molecule has 1 aromatic heterocycles. The van der Waals surface area contributed by atoms with E-state index in [1.54, 1.807) is 6.33 Å². The summed E-state index contributed by atoms with van der Waals surface area (Å²) in [7, 11) is 0. The number of hydrogen-bond donors (Lipinski definition) is 0. The van der Waals surface area contributed by atoms with Crippen molar-refractivity contribution in [3.8, 4) is 0 Å². The predicted octanol–water partition coefficient (Wildman–Crippen LogP) is 4.46. The number of fused-ring (bicyclic) bond motifs is 2. The fourth-order valence-electron chi connectivity index (χ4n) is 2.92. The summed E-state index contributed by atoms with van der Waals surface area (Å²) in [6.07, 6.45) is 2.27. The zero-order chi connectivity index (χ0) is 15.6. The average molecular weight is 300 g/mol. The fraction of sp³-hybridized carbons (Fsp3) is 0.100. The molecule has 0 spiro atoms. The maximum atomic E-state index is 12.5. The number of para-hydroxylation sites is 2. The van der Waals surface area contributed by atoms with Crippen LogP contribution in [0.15, 0.2) is 73.1 Å². The van der Waals surface area contributed by atoms with E-state index < -0.39 is 0 Å². The molecular formula is C20H16N2O. The van der Waals surface area contributed by atoms with Gasteiger partial charge in [0.05, 0.1) is 17.4 Å². The molecule has 0 N–H and O–H groups in total. The van der Waals surface area contributed by atoms with E-state index in [0.29, 0.717) is 13.0 Å². The largest absolute Gasteiger partial charge is 0.330 e. The van der Waals surface area contributed by atoms with Crippen LogP contribution in [-0.2, 0) is 6.54 Å². The van der Waals surface area contributed by atoms with Crippen LogP contribution in [0.1, 0.15) is 16.8 Å². The van der Waals surface area contributed by atoms with Crippen molar-refractivity contribution in [2.45, 2.75) is 13.0 Å². The van der Waals surface area contributed by atoms with Gasteiger partial charge in [0.1, 0.15) is 0 Å². The zero-order valence-electron chi connectivity index (χ0n) is 12.6. The van der Waals surface area contributed by atoms with Gasteiger partial charge >= 0.3 is 0 Å². The molecule has 0 amide bonds. The smallest absolute Gasteiger partial charge is 0.164 e. The number of rotatable bonds is 4. The molecule has 0 radical (unpaired) electrons. The van der Waals surface area contributed by atoms with Gasteiger partial charge in [-0.15, -0.1) is 0 Å². The summed E-state index contributed by atoms with van der Waals surface area (Å²) in [6.45, 7) is 0.645. The summed E-state index contributed by atoms with van der Waals surface area (Å²) in [5.41, 5.74) is 2.80. The highest BCUT2D eigenvalue weighted by atomic mass is 16.1. The quantitative estimate of drug-likeness (QED) is 0.521. The lowest BCUT2D eigenvalue weighted by Crippen LogP contribution is -2.05. The van der Waals surface area contributed by atoms with Crippen LogP contribution in [-0.4, -0.2) is 15.3 Å². The Morgan fingerprint density at radius 3 is 2.61 bits per heavy atom. The molecule has 0 aliphatic heterocycles. The van der Waals surface area contributed by atoms with Crippen LogP contribution >= 0.6 is 0 Å². The number of hydrogen-bond acceptors (Lipinski definition) is 2. The lowest BCUT2D eigenvalue weighted by atomic mass is 10.0. The van der Waals surface area contributed by atoms with E-state index >= 15 is 0 Å². The van der Waals surface area contributed by atoms with Crippen molar-refractivity contribution in [2.24, 2.45) is 0 Å². The minimum absolute atomic E-state index is 0.161. The van der Waals surface area contributed by atoms with Gasteiger partial charge in [-0.2, -0.15) is 0 Å². The fourth-order valence-corrected chi connectivity index (χ4v) is 2.92. The Morgan fingerprint density at radius 1 is 0.913 bits per heavy atom. The second kappa shape index (κ2) is 5.69. The Labute approximate surface area is 134 Å². The zero-order valence-corrected chi connectivity index (χ0v) is 12.6. The van der Waals surface area contributed by atoms with Gasteiger partial charge in [-0.05, 0) is 29.0 Å². The van der Waals surface area contributed by atoms with E-state index in [-0.39, 0.29) is 5.78 Å². The number of aryl methyl sites for hydroxylation is 1. The summed E-state index contributed by atoms with van der Waals surface area (Å²) in [4.78, 5) is 16.8. The third-order valence-corrected chi connectivity index (χ3v) is 4.18. The molecule has 3 aromatic carbocycles. The molecule has 0 saturated heterocycles. The monoisotopic (exact) mass is 300 g/mol. The summed E-state index contributed by atoms with van der Waals surface area (Å²) in [6, 6.07) is 22.0. The number of ketones is 1. The van der Waals surface area contributed by atoms with Crippen molar-refractivity contribution in [3.05, 3.63) is 78.6 Å². The van der Waals surface area contributed by atoms with Gasteiger partial charge in [-0.25, -0.2) is 4.98 Å². The van der Waals surface area contributed by atoms with Crippen LogP contribution in [0.3, 0.4) is 0 Å². The molecule has 3 heteroatoms. The Balaban J connectivity index is 1.55. The number of aromatic nitrogens is 2. The number of carbonyl (C=O) groups excluding carboxylic acids is 1. The van der Waals surface area contributed by atoms with Crippen LogP contribution in [0.2, 0.25) is 0 Å². The Hall–Kier alpha value is -2.94. The minimum Gasteiger partial charge on any atom is -0.330 e. The van der Waals surface area contributed by atoms with Gasteiger partial charge in [-0.1, -0.05) is 48.5 Å². The first kappa shape index (κ1) is 13.7. The van der Waals surface area contributed by atoms with E-state index in [1.807, 2.05) is 65.2 Å². The topological polar surface area (TPSA) is 34.9 Å². The van der Waals surface area contributed by atoms with Crippen LogP contribution in [0.5, 0.6) is 0 Å². The normalized spacial score (nSPS) is 11.1. The lowest BCUT2D eigenvalue weighted by molar-refractivity contribution is 0.0977. The number of carbonyl (C=O) groups is 1. The molecule has 0 aliphatic rings. The molecule has 3 nitrogen and oxygen atoms in total. The van der Waals surface area contributed by atoms with Crippen molar-refractivity contribution in [2.75, 3.05) is 0 Å². The van der Waals surface area contributed by atoms with Gasteiger partial charge in [0.25, 0.3) is 0 Å². The highest BCUT2D eigenvalue weighted by Crippen LogP contribution is 2.18.